The molecule has 3 aromatic rings. The van der Waals surface area contributed by atoms with Crippen molar-refractivity contribution in [1.82, 2.24) is 9.78 Å². The van der Waals surface area contributed by atoms with Gasteiger partial charge in [-0.05, 0) is 43.9 Å². The van der Waals surface area contributed by atoms with E-state index in [4.69, 9.17) is 16.3 Å². The Bertz CT molecular complexity index is 1130. The molecule has 0 amide bonds. The molecule has 156 valence electrons. The highest BCUT2D eigenvalue weighted by atomic mass is 35.5. The van der Waals surface area contributed by atoms with Gasteiger partial charge in [-0.3, -0.25) is 9.48 Å². The van der Waals surface area contributed by atoms with E-state index in [1.165, 1.54) is 17.8 Å². The van der Waals surface area contributed by atoms with Crippen molar-refractivity contribution in [1.29, 1.82) is 0 Å². The van der Waals surface area contributed by atoms with Crippen LogP contribution in [0.5, 0.6) is 5.75 Å². The Morgan fingerprint density at radius 2 is 1.87 bits per heavy atom. The van der Waals surface area contributed by atoms with Crippen LogP contribution in [-0.4, -0.2) is 22.2 Å². The van der Waals surface area contributed by atoms with E-state index in [1.807, 2.05) is 0 Å². The van der Waals surface area contributed by atoms with Crippen molar-refractivity contribution in [3.8, 4) is 17.0 Å². The molecule has 1 aliphatic carbocycles. The first-order valence-electron chi connectivity index (χ1n) is 9.41. The molecule has 2 aromatic carbocycles. The van der Waals surface area contributed by atoms with Gasteiger partial charge in [0.1, 0.15) is 23.2 Å². The molecule has 0 saturated heterocycles. The smallest absolute Gasteiger partial charge is 0.198 e. The number of rotatable bonds is 6. The summed E-state index contributed by atoms with van der Waals surface area (Å²) >= 11 is 6.03. The van der Waals surface area contributed by atoms with Gasteiger partial charge in [0, 0.05) is 24.7 Å². The minimum absolute atomic E-state index is 0.00421. The lowest BCUT2D eigenvalue weighted by molar-refractivity contribution is 0.103. The summed E-state index contributed by atoms with van der Waals surface area (Å²) in [6, 6.07) is 5.53. The SMILES string of the molecule is Cc1nn(C)c(-c2c(F)cc(OCC3CC3)cc2F)c1C(=O)c1ccc(F)cc1Cl. The highest BCUT2D eigenvalue weighted by Gasteiger charge is 2.29. The van der Waals surface area contributed by atoms with Gasteiger partial charge >= 0.3 is 0 Å². The second-order valence-corrected chi connectivity index (χ2v) is 7.81. The molecule has 1 fully saturated rings. The molecule has 0 spiro atoms. The third-order valence-corrected chi connectivity index (χ3v) is 5.37. The number of aryl methyl sites for hydroxylation is 2. The number of ether oxygens (including phenoxy) is 1. The predicted molar refractivity (Wildman–Crippen MR) is 106 cm³/mol. The Hall–Kier alpha value is -2.80. The number of nitrogens with zero attached hydrogens (tertiary/aromatic N) is 2. The Labute approximate surface area is 176 Å². The number of ketones is 1. The summed E-state index contributed by atoms with van der Waals surface area (Å²) in [7, 11) is 1.49. The Kier molecular flexibility index (Phi) is 5.32. The maximum atomic E-state index is 15.0. The number of aromatic nitrogens is 2. The van der Waals surface area contributed by atoms with Crippen LogP contribution in [0.1, 0.15) is 34.5 Å². The fraction of sp³-hybridized carbons (Fsp3) is 0.273. The molecule has 1 heterocycles. The van der Waals surface area contributed by atoms with Crippen molar-refractivity contribution in [3.63, 3.8) is 0 Å². The minimum atomic E-state index is -0.872. The summed E-state index contributed by atoms with van der Waals surface area (Å²) in [6.07, 6.45) is 2.10. The Balaban J connectivity index is 1.79. The van der Waals surface area contributed by atoms with Crippen molar-refractivity contribution in [2.24, 2.45) is 13.0 Å². The van der Waals surface area contributed by atoms with Crippen molar-refractivity contribution < 1.29 is 22.7 Å². The highest BCUT2D eigenvalue weighted by molar-refractivity contribution is 6.35. The molecule has 30 heavy (non-hydrogen) atoms. The molecule has 4 nitrogen and oxygen atoms in total. The van der Waals surface area contributed by atoms with Gasteiger partial charge in [0.15, 0.2) is 5.78 Å². The first-order chi connectivity index (χ1) is 14.3. The number of carbonyl (C=O) groups is 1. The van der Waals surface area contributed by atoms with E-state index in [0.717, 1.165) is 37.1 Å². The molecular formula is C22H18ClF3N2O2. The highest BCUT2D eigenvalue weighted by Crippen LogP contribution is 2.36. The minimum Gasteiger partial charge on any atom is -0.493 e. The molecule has 1 aromatic heterocycles. The zero-order valence-corrected chi connectivity index (χ0v) is 17.1. The lowest BCUT2D eigenvalue weighted by atomic mass is 9.97. The van der Waals surface area contributed by atoms with Crippen LogP contribution >= 0.6 is 11.6 Å². The summed E-state index contributed by atoms with van der Waals surface area (Å²) in [5.74, 6) is -2.42. The summed E-state index contributed by atoms with van der Waals surface area (Å²) < 4.78 is 50.0. The molecule has 0 N–H and O–H groups in total. The molecule has 1 saturated carbocycles. The average Bonchev–Trinajstić information content (AvgIpc) is 3.44. The van der Waals surface area contributed by atoms with Gasteiger partial charge in [-0.15, -0.1) is 0 Å². The van der Waals surface area contributed by atoms with Crippen LogP contribution in [0.25, 0.3) is 11.3 Å². The van der Waals surface area contributed by atoms with Gasteiger partial charge in [-0.2, -0.15) is 5.10 Å². The predicted octanol–water partition coefficient (Wildman–Crippen LogP) is 5.49. The second-order valence-electron chi connectivity index (χ2n) is 7.40. The van der Waals surface area contributed by atoms with E-state index >= 15 is 0 Å². The van der Waals surface area contributed by atoms with Crippen LogP contribution in [0.4, 0.5) is 13.2 Å². The number of carbonyl (C=O) groups excluding carboxylic acids is 1. The number of halogens is 4. The fourth-order valence-corrected chi connectivity index (χ4v) is 3.64. The second kappa shape index (κ2) is 7.80. The summed E-state index contributed by atoms with van der Waals surface area (Å²) in [5, 5.41) is 4.07. The third-order valence-electron chi connectivity index (χ3n) is 5.06. The van der Waals surface area contributed by atoms with E-state index in [2.05, 4.69) is 5.10 Å². The summed E-state index contributed by atoms with van der Waals surface area (Å²) in [5.41, 5.74) is -0.137. The monoisotopic (exact) mass is 434 g/mol. The molecule has 0 atom stereocenters. The summed E-state index contributed by atoms with van der Waals surface area (Å²) in [6.45, 7) is 1.97. The normalized spacial score (nSPS) is 13.5. The van der Waals surface area contributed by atoms with Crippen molar-refractivity contribution >= 4 is 17.4 Å². The molecule has 0 bridgehead atoms. The van der Waals surface area contributed by atoms with E-state index in [9.17, 15) is 18.0 Å². The zero-order chi connectivity index (χ0) is 21.6. The number of hydrogen-bond acceptors (Lipinski definition) is 3. The average molecular weight is 435 g/mol. The van der Waals surface area contributed by atoms with E-state index in [-0.39, 0.29) is 33.3 Å². The van der Waals surface area contributed by atoms with Crippen LogP contribution in [-0.2, 0) is 7.05 Å². The maximum Gasteiger partial charge on any atom is 0.198 e. The van der Waals surface area contributed by atoms with Gasteiger partial charge in [0.05, 0.1) is 34.1 Å². The van der Waals surface area contributed by atoms with Crippen LogP contribution < -0.4 is 4.74 Å². The molecule has 0 radical (unpaired) electrons. The lowest BCUT2D eigenvalue weighted by Gasteiger charge is -2.12. The van der Waals surface area contributed by atoms with E-state index in [0.29, 0.717) is 12.5 Å². The van der Waals surface area contributed by atoms with Gasteiger partial charge in [-0.25, -0.2) is 13.2 Å². The van der Waals surface area contributed by atoms with E-state index in [1.54, 1.807) is 6.92 Å². The molecular weight excluding hydrogens is 417 g/mol. The van der Waals surface area contributed by atoms with E-state index < -0.39 is 28.8 Å². The largest absolute Gasteiger partial charge is 0.493 e. The van der Waals surface area contributed by atoms with Gasteiger partial charge in [-0.1, -0.05) is 11.6 Å². The van der Waals surface area contributed by atoms with Gasteiger partial charge in [0.2, 0.25) is 0 Å². The first-order valence-corrected chi connectivity index (χ1v) is 9.79. The van der Waals surface area contributed by atoms with Crippen molar-refractivity contribution in [3.05, 3.63) is 69.6 Å². The Morgan fingerprint density at radius 3 is 2.47 bits per heavy atom. The Morgan fingerprint density at radius 1 is 1.20 bits per heavy atom. The van der Waals surface area contributed by atoms with Gasteiger partial charge in [0.25, 0.3) is 0 Å². The van der Waals surface area contributed by atoms with Gasteiger partial charge < -0.3 is 4.74 Å². The van der Waals surface area contributed by atoms with Crippen LogP contribution in [0, 0.1) is 30.3 Å². The topological polar surface area (TPSA) is 44.1 Å². The lowest BCUT2D eigenvalue weighted by Crippen LogP contribution is -2.08. The quantitative estimate of drug-likeness (QED) is 0.482. The van der Waals surface area contributed by atoms with Crippen molar-refractivity contribution in [2.45, 2.75) is 19.8 Å². The molecule has 0 aliphatic heterocycles. The summed E-state index contributed by atoms with van der Waals surface area (Å²) in [4.78, 5) is 13.2. The first kappa shape index (κ1) is 20.5. The van der Waals surface area contributed by atoms with Crippen LogP contribution in [0.3, 0.4) is 0 Å². The molecule has 0 unspecified atom stereocenters. The van der Waals surface area contributed by atoms with Crippen LogP contribution in [0.2, 0.25) is 5.02 Å². The molecule has 8 heteroatoms. The van der Waals surface area contributed by atoms with Crippen LogP contribution in [0.15, 0.2) is 30.3 Å². The standard InChI is InChI=1S/C22H18ClF3N2O2/c1-11-19(22(29)15-6-5-13(24)7-16(15)23)21(28(2)27-11)20-17(25)8-14(9-18(20)26)30-10-12-3-4-12/h5-9,12H,3-4,10H2,1-2H3. The number of hydrogen-bond donors (Lipinski definition) is 0. The molecule has 1 aliphatic rings. The molecule has 4 rings (SSSR count). The fourth-order valence-electron chi connectivity index (χ4n) is 3.38. The third kappa shape index (κ3) is 3.81. The maximum absolute atomic E-state index is 15.0. The van der Waals surface area contributed by atoms with Crippen molar-refractivity contribution in [2.75, 3.05) is 6.61 Å². The number of benzene rings is 2. The zero-order valence-electron chi connectivity index (χ0n) is 16.3.